The first-order valence-corrected chi connectivity index (χ1v) is 7.93. The number of nitrogens with zero attached hydrogens (tertiary/aromatic N) is 3. The molecule has 1 aromatic carbocycles. The van der Waals surface area contributed by atoms with E-state index >= 15 is 0 Å². The number of benzene rings is 1. The van der Waals surface area contributed by atoms with Crippen molar-refractivity contribution in [2.24, 2.45) is 0 Å². The molecule has 0 saturated carbocycles. The van der Waals surface area contributed by atoms with Gasteiger partial charge in [0.1, 0.15) is 6.33 Å². The van der Waals surface area contributed by atoms with Gasteiger partial charge in [0.25, 0.3) is 0 Å². The van der Waals surface area contributed by atoms with E-state index in [1.54, 1.807) is 17.3 Å². The molecule has 1 unspecified atom stereocenters. The Kier molecular flexibility index (Phi) is 3.70. The van der Waals surface area contributed by atoms with Crippen LogP contribution in [-0.2, 0) is 11.0 Å². The molecule has 0 saturated heterocycles. The number of halogens is 1. The topological polar surface area (TPSA) is 57.0 Å². The van der Waals surface area contributed by atoms with Gasteiger partial charge in [0.05, 0.1) is 17.4 Å². The summed E-state index contributed by atoms with van der Waals surface area (Å²) in [6.07, 6.45) is 3.21. The van der Waals surface area contributed by atoms with E-state index in [1.165, 1.54) is 6.33 Å². The summed E-state index contributed by atoms with van der Waals surface area (Å²) in [7, 11) is 0.214. The van der Waals surface area contributed by atoms with E-state index in [0.717, 1.165) is 13.9 Å². The van der Waals surface area contributed by atoms with Gasteiger partial charge in [-0.3, -0.25) is 0 Å². The van der Waals surface area contributed by atoms with E-state index in [4.69, 9.17) is 4.74 Å². The second-order valence-electron chi connectivity index (χ2n) is 3.95. The maximum atomic E-state index is 12.6. The van der Waals surface area contributed by atoms with Crippen molar-refractivity contribution in [3.63, 3.8) is 0 Å². The van der Waals surface area contributed by atoms with E-state index in [0.29, 0.717) is 11.5 Å². The summed E-state index contributed by atoms with van der Waals surface area (Å²) in [5.74, 6) is 0.489. The van der Waals surface area contributed by atoms with Gasteiger partial charge in [-0.1, -0.05) is 18.2 Å². The van der Waals surface area contributed by atoms with Gasteiger partial charge in [-0.05, 0) is 34.7 Å². The van der Waals surface area contributed by atoms with Crippen molar-refractivity contribution < 1.29 is 8.95 Å². The average Bonchev–Trinajstić information content (AvgIpc) is 2.85. The molecule has 0 bridgehead atoms. The number of ether oxygens (including phenoxy) is 1. The maximum Gasteiger partial charge on any atom is 0.226 e. The van der Waals surface area contributed by atoms with E-state index < -0.39 is 11.0 Å². The summed E-state index contributed by atoms with van der Waals surface area (Å²) >= 11 is 2.17. The van der Waals surface area contributed by atoms with Crippen LogP contribution in [0, 0.1) is 3.57 Å². The van der Waals surface area contributed by atoms with Crippen LogP contribution in [0.1, 0.15) is 0 Å². The Labute approximate surface area is 131 Å². The SMILES string of the molecule is COc1ncnc2c1c(I)cn2S(=O)c1ccccc1. The van der Waals surface area contributed by atoms with E-state index in [2.05, 4.69) is 32.6 Å². The zero-order chi connectivity index (χ0) is 14.1. The molecule has 7 heteroatoms. The predicted molar refractivity (Wildman–Crippen MR) is 85.0 cm³/mol. The lowest BCUT2D eigenvalue weighted by atomic mass is 10.4. The van der Waals surface area contributed by atoms with Crippen molar-refractivity contribution in [2.75, 3.05) is 7.11 Å². The molecule has 3 aromatic rings. The summed E-state index contributed by atoms with van der Waals surface area (Å²) in [5.41, 5.74) is 0.600. The molecule has 20 heavy (non-hydrogen) atoms. The molecule has 2 heterocycles. The number of aromatic nitrogens is 3. The fourth-order valence-corrected chi connectivity index (χ4v) is 3.95. The van der Waals surface area contributed by atoms with Crippen molar-refractivity contribution in [3.8, 4) is 5.88 Å². The third kappa shape index (κ3) is 2.20. The quantitative estimate of drug-likeness (QED) is 0.636. The number of hydrogen-bond acceptors (Lipinski definition) is 4. The van der Waals surface area contributed by atoms with Gasteiger partial charge in [0, 0.05) is 9.77 Å². The van der Waals surface area contributed by atoms with Crippen LogP contribution in [0.4, 0.5) is 0 Å². The number of hydrogen-bond donors (Lipinski definition) is 0. The number of methoxy groups -OCH3 is 1. The van der Waals surface area contributed by atoms with Crippen LogP contribution in [0.2, 0.25) is 0 Å². The fourth-order valence-electron chi connectivity index (χ4n) is 1.90. The standard InChI is InChI=1S/C13H10IN3O2S/c1-19-13-11-10(14)7-17(12(11)15-8-16-13)20(18)9-5-3-2-4-6-9/h2-8H,1H3. The molecule has 0 aliphatic heterocycles. The maximum absolute atomic E-state index is 12.6. The summed E-state index contributed by atoms with van der Waals surface area (Å²) < 4.78 is 20.4. The van der Waals surface area contributed by atoms with Gasteiger partial charge in [0.15, 0.2) is 16.6 Å². The molecule has 1 atom stereocenters. The second-order valence-corrected chi connectivity index (χ2v) is 6.47. The third-order valence-electron chi connectivity index (χ3n) is 2.79. The van der Waals surface area contributed by atoms with Gasteiger partial charge < -0.3 is 4.74 Å². The van der Waals surface area contributed by atoms with Gasteiger partial charge >= 0.3 is 0 Å². The Morgan fingerprint density at radius 1 is 1.25 bits per heavy atom. The lowest BCUT2D eigenvalue weighted by Gasteiger charge is -2.04. The Morgan fingerprint density at radius 3 is 2.70 bits per heavy atom. The molecule has 5 nitrogen and oxygen atoms in total. The first-order valence-electron chi connectivity index (χ1n) is 5.75. The molecule has 102 valence electrons. The normalized spacial score (nSPS) is 12.5. The molecule has 0 N–H and O–H groups in total. The molecule has 0 aliphatic carbocycles. The highest BCUT2D eigenvalue weighted by Gasteiger charge is 2.17. The van der Waals surface area contributed by atoms with E-state index in [-0.39, 0.29) is 0 Å². The average molecular weight is 399 g/mol. The summed E-state index contributed by atoms with van der Waals surface area (Å²) in [5, 5.41) is 0.778. The molecule has 0 amide bonds. The minimum Gasteiger partial charge on any atom is -0.480 e. The Hall–Kier alpha value is -1.48. The van der Waals surface area contributed by atoms with Gasteiger partial charge in [-0.2, -0.15) is 0 Å². The molecule has 2 aromatic heterocycles. The fraction of sp³-hybridized carbons (Fsp3) is 0.0769. The van der Waals surface area contributed by atoms with E-state index in [1.807, 2.05) is 30.3 Å². The Morgan fingerprint density at radius 2 is 2.00 bits per heavy atom. The zero-order valence-electron chi connectivity index (χ0n) is 10.5. The van der Waals surface area contributed by atoms with Crippen molar-refractivity contribution in [2.45, 2.75) is 4.90 Å². The molecule has 0 fully saturated rings. The lowest BCUT2D eigenvalue weighted by molar-refractivity contribution is 0.402. The van der Waals surface area contributed by atoms with Gasteiger partial charge in [0.2, 0.25) is 5.88 Å². The first kappa shape index (κ1) is 13.5. The smallest absolute Gasteiger partial charge is 0.226 e. The number of rotatable bonds is 3. The number of fused-ring (bicyclic) bond motifs is 1. The summed E-state index contributed by atoms with van der Waals surface area (Å²) in [6, 6.07) is 9.27. The van der Waals surface area contributed by atoms with Crippen LogP contribution in [0.15, 0.2) is 47.8 Å². The van der Waals surface area contributed by atoms with E-state index in [9.17, 15) is 4.21 Å². The molecular weight excluding hydrogens is 389 g/mol. The molecule has 3 rings (SSSR count). The molecule has 0 aliphatic rings. The Bertz CT molecular complexity index is 789. The Balaban J connectivity index is 2.21. The highest BCUT2D eigenvalue weighted by atomic mass is 127. The molecular formula is C13H10IN3O2S. The highest BCUT2D eigenvalue weighted by molar-refractivity contribution is 14.1. The summed E-state index contributed by atoms with van der Waals surface area (Å²) in [6.45, 7) is 0. The zero-order valence-corrected chi connectivity index (χ0v) is 13.5. The third-order valence-corrected chi connectivity index (χ3v) is 4.92. The summed E-state index contributed by atoms with van der Waals surface area (Å²) in [4.78, 5) is 9.03. The largest absolute Gasteiger partial charge is 0.480 e. The van der Waals surface area contributed by atoms with Crippen molar-refractivity contribution in [3.05, 3.63) is 46.4 Å². The van der Waals surface area contributed by atoms with Crippen LogP contribution in [0.25, 0.3) is 11.0 Å². The monoisotopic (exact) mass is 399 g/mol. The van der Waals surface area contributed by atoms with Crippen molar-refractivity contribution >= 4 is 44.6 Å². The molecule has 0 spiro atoms. The van der Waals surface area contributed by atoms with Gasteiger partial charge in [-0.15, -0.1) is 0 Å². The minimum absolute atomic E-state index is 0.489. The predicted octanol–water partition coefficient (Wildman–Crippen LogP) is 2.62. The van der Waals surface area contributed by atoms with Crippen LogP contribution in [-0.4, -0.2) is 25.3 Å². The van der Waals surface area contributed by atoms with Crippen LogP contribution in [0.5, 0.6) is 5.88 Å². The van der Waals surface area contributed by atoms with Gasteiger partial charge in [-0.25, -0.2) is 18.1 Å². The van der Waals surface area contributed by atoms with Crippen LogP contribution in [0.3, 0.4) is 0 Å². The van der Waals surface area contributed by atoms with Crippen LogP contribution >= 0.6 is 22.6 Å². The highest BCUT2D eigenvalue weighted by Crippen LogP contribution is 2.29. The lowest BCUT2D eigenvalue weighted by Crippen LogP contribution is -2.04. The van der Waals surface area contributed by atoms with Crippen molar-refractivity contribution in [1.29, 1.82) is 0 Å². The second kappa shape index (κ2) is 5.49. The van der Waals surface area contributed by atoms with Crippen molar-refractivity contribution in [1.82, 2.24) is 13.9 Å². The first-order chi connectivity index (χ1) is 9.72. The van der Waals surface area contributed by atoms with Crippen LogP contribution < -0.4 is 4.74 Å². The molecule has 0 radical (unpaired) electrons. The minimum atomic E-state index is -1.34.